The second-order valence-electron chi connectivity index (χ2n) is 7.79. The van der Waals surface area contributed by atoms with E-state index in [0.29, 0.717) is 24.4 Å². The summed E-state index contributed by atoms with van der Waals surface area (Å²) < 4.78 is 1.25. The summed E-state index contributed by atoms with van der Waals surface area (Å²) in [5, 5.41) is 10.5. The van der Waals surface area contributed by atoms with Crippen molar-refractivity contribution in [1.29, 1.82) is 0 Å². The zero-order valence-corrected chi connectivity index (χ0v) is 16.1. The number of para-hydroxylation sites is 1. The molecule has 1 aliphatic heterocycles. The van der Waals surface area contributed by atoms with Gasteiger partial charge in [0, 0.05) is 43.9 Å². The minimum Gasteiger partial charge on any atom is -0.396 e. The van der Waals surface area contributed by atoms with Gasteiger partial charge in [0.1, 0.15) is 0 Å². The number of aliphatic hydroxyl groups excluding tert-OH is 1. The monoisotopic (exact) mass is 380 g/mol. The third-order valence-corrected chi connectivity index (χ3v) is 7.17. The van der Waals surface area contributed by atoms with Crippen LogP contribution in [-0.2, 0) is 0 Å². The van der Waals surface area contributed by atoms with Crippen LogP contribution in [0.15, 0.2) is 36.7 Å². The summed E-state index contributed by atoms with van der Waals surface area (Å²) in [6.07, 6.45) is 8.09. The number of hydrogen-bond donors (Lipinski definition) is 1. The summed E-state index contributed by atoms with van der Waals surface area (Å²) in [4.78, 5) is 16.6. The molecule has 2 fully saturated rings. The Labute approximate surface area is 163 Å². The smallest absolute Gasteiger partial charge is 0.186 e. The van der Waals surface area contributed by atoms with Crippen LogP contribution in [0.4, 0.5) is 5.13 Å². The molecule has 140 valence electrons. The van der Waals surface area contributed by atoms with Crippen molar-refractivity contribution in [3.8, 4) is 0 Å². The number of hydrogen-bond acceptors (Lipinski definition) is 6. The first-order valence-electron chi connectivity index (χ1n) is 9.84. The summed E-state index contributed by atoms with van der Waals surface area (Å²) in [5.74, 6) is 1.41. The highest BCUT2D eigenvalue weighted by atomic mass is 32.1. The summed E-state index contributed by atoms with van der Waals surface area (Å²) >= 11 is 1.77. The van der Waals surface area contributed by atoms with Gasteiger partial charge < -0.3 is 10.0 Å². The lowest BCUT2D eigenvalue weighted by Crippen LogP contribution is -2.46. The molecule has 1 saturated heterocycles. The molecule has 1 saturated carbocycles. The van der Waals surface area contributed by atoms with Gasteiger partial charge in [-0.3, -0.25) is 9.97 Å². The summed E-state index contributed by atoms with van der Waals surface area (Å²) in [6, 6.07) is 8.33. The Hall–Kier alpha value is -2.05. The summed E-state index contributed by atoms with van der Waals surface area (Å²) in [7, 11) is 0. The number of benzene rings is 1. The first kappa shape index (κ1) is 17.1. The van der Waals surface area contributed by atoms with E-state index in [0.717, 1.165) is 49.4 Å². The highest BCUT2D eigenvalue weighted by Crippen LogP contribution is 2.40. The minimum atomic E-state index is 0.319. The molecule has 3 heterocycles. The van der Waals surface area contributed by atoms with Gasteiger partial charge in [-0.15, -0.1) is 0 Å². The lowest BCUT2D eigenvalue weighted by molar-refractivity contribution is 0.181. The maximum Gasteiger partial charge on any atom is 0.186 e. The van der Waals surface area contributed by atoms with Crippen LogP contribution in [0.5, 0.6) is 0 Å². The van der Waals surface area contributed by atoms with Crippen molar-refractivity contribution in [2.24, 2.45) is 5.92 Å². The molecule has 2 aromatic heterocycles. The van der Waals surface area contributed by atoms with E-state index in [9.17, 15) is 5.11 Å². The van der Waals surface area contributed by atoms with Crippen LogP contribution in [-0.4, -0.2) is 39.8 Å². The van der Waals surface area contributed by atoms with E-state index >= 15 is 0 Å². The van der Waals surface area contributed by atoms with E-state index in [1.165, 1.54) is 16.1 Å². The number of aromatic nitrogens is 3. The molecule has 5 nitrogen and oxygen atoms in total. The molecule has 3 aromatic rings. The standard InChI is InChI=1S/C21H24N4OS/c26-13-14-5-7-15(8-6-14)19-20(23-10-9-22-19)16-11-25(12-16)21-24-17-3-1-2-4-18(17)27-21/h1-4,9-10,14-16,26H,5-8,11-13H2. The topological polar surface area (TPSA) is 62.1 Å². The van der Waals surface area contributed by atoms with Gasteiger partial charge in [0.25, 0.3) is 0 Å². The number of anilines is 1. The maximum absolute atomic E-state index is 9.39. The number of fused-ring (bicyclic) bond motifs is 1. The molecule has 0 radical (unpaired) electrons. The van der Waals surface area contributed by atoms with Crippen molar-refractivity contribution in [2.45, 2.75) is 37.5 Å². The SMILES string of the molecule is OCC1CCC(c2nccnc2C2CN(c3nc4ccccc4s3)C2)CC1. The molecule has 2 aliphatic rings. The second kappa shape index (κ2) is 7.17. The van der Waals surface area contributed by atoms with Crippen LogP contribution >= 0.6 is 11.3 Å². The molecule has 0 amide bonds. The highest BCUT2D eigenvalue weighted by Gasteiger charge is 2.35. The summed E-state index contributed by atoms with van der Waals surface area (Å²) in [6.45, 7) is 2.26. The fourth-order valence-corrected chi connectivity index (χ4v) is 5.39. The lowest BCUT2D eigenvalue weighted by Gasteiger charge is -2.40. The molecule has 0 unspecified atom stereocenters. The molecule has 6 heteroatoms. The Bertz CT molecular complexity index is 896. The Morgan fingerprint density at radius 1 is 0.963 bits per heavy atom. The second-order valence-corrected chi connectivity index (χ2v) is 8.80. The first-order chi connectivity index (χ1) is 13.3. The van der Waals surface area contributed by atoms with Crippen LogP contribution in [0.2, 0.25) is 0 Å². The molecule has 0 spiro atoms. The Morgan fingerprint density at radius 3 is 2.37 bits per heavy atom. The predicted octanol–water partition coefficient (Wildman–Crippen LogP) is 3.96. The zero-order valence-electron chi connectivity index (χ0n) is 15.3. The molecule has 0 atom stereocenters. The van der Waals surface area contributed by atoms with Crippen LogP contribution in [0, 0.1) is 5.92 Å². The molecule has 1 aliphatic carbocycles. The third kappa shape index (κ3) is 3.21. The van der Waals surface area contributed by atoms with Crippen molar-refractivity contribution >= 4 is 26.7 Å². The predicted molar refractivity (Wildman–Crippen MR) is 108 cm³/mol. The van der Waals surface area contributed by atoms with E-state index < -0.39 is 0 Å². The zero-order chi connectivity index (χ0) is 18.2. The molecular formula is C21H24N4OS. The average Bonchev–Trinajstić information content (AvgIpc) is 3.11. The molecular weight excluding hydrogens is 356 g/mol. The molecule has 0 bridgehead atoms. The number of nitrogens with zero attached hydrogens (tertiary/aromatic N) is 4. The fraction of sp³-hybridized carbons (Fsp3) is 0.476. The number of rotatable bonds is 4. The molecule has 1 aromatic carbocycles. The Balaban J connectivity index is 1.31. The van der Waals surface area contributed by atoms with E-state index in [-0.39, 0.29) is 0 Å². The van der Waals surface area contributed by atoms with Gasteiger partial charge in [-0.25, -0.2) is 4.98 Å². The van der Waals surface area contributed by atoms with E-state index in [4.69, 9.17) is 15.0 Å². The largest absolute Gasteiger partial charge is 0.396 e. The van der Waals surface area contributed by atoms with E-state index in [1.54, 1.807) is 11.3 Å². The van der Waals surface area contributed by atoms with Crippen molar-refractivity contribution < 1.29 is 5.11 Å². The lowest BCUT2D eigenvalue weighted by atomic mass is 9.78. The van der Waals surface area contributed by atoms with Crippen LogP contribution in [0.1, 0.15) is 48.9 Å². The van der Waals surface area contributed by atoms with Gasteiger partial charge in [0.15, 0.2) is 5.13 Å². The Morgan fingerprint density at radius 2 is 1.67 bits per heavy atom. The van der Waals surface area contributed by atoms with Crippen molar-refractivity contribution in [1.82, 2.24) is 15.0 Å². The van der Waals surface area contributed by atoms with Gasteiger partial charge in [-0.2, -0.15) is 0 Å². The normalized spacial score (nSPS) is 23.5. The van der Waals surface area contributed by atoms with Gasteiger partial charge in [-0.05, 0) is 43.7 Å². The maximum atomic E-state index is 9.39. The van der Waals surface area contributed by atoms with Gasteiger partial charge >= 0.3 is 0 Å². The van der Waals surface area contributed by atoms with Crippen LogP contribution in [0.25, 0.3) is 10.2 Å². The minimum absolute atomic E-state index is 0.319. The van der Waals surface area contributed by atoms with Gasteiger partial charge in [-0.1, -0.05) is 23.5 Å². The fourth-order valence-electron chi connectivity index (χ4n) is 4.41. The first-order valence-corrected chi connectivity index (χ1v) is 10.7. The van der Waals surface area contributed by atoms with Crippen LogP contribution in [0.3, 0.4) is 0 Å². The van der Waals surface area contributed by atoms with E-state index in [1.807, 2.05) is 18.5 Å². The highest BCUT2D eigenvalue weighted by molar-refractivity contribution is 7.22. The van der Waals surface area contributed by atoms with Crippen molar-refractivity contribution in [3.63, 3.8) is 0 Å². The third-order valence-electron chi connectivity index (χ3n) is 6.07. The molecule has 27 heavy (non-hydrogen) atoms. The van der Waals surface area contributed by atoms with E-state index in [2.05, 4.69) is 23.1 Å². The average molecular weight is 381 g/mol. The molecule has 1 N–H and O–H groups in total. The van der Waals surface area contributed by atoms with Crippen molar-refractivity contribution in [2.75, 3.05) is 24.6 Å². The Kier molecular flexibility index (Phi) is 4.53. The summed E-state index contributed by atoms with van der Waals surface area (Å²) in [5.41, 5.74) is 3.46. The number of aliphatic hydroxyl groups is 1. The molecule has 5 rings (SSSR count). The van der Waals surface area contributed by atoms with Gasteiger partial charge in [0.2, 0.25) is 0 Å². The number of thiazole rings is 1. The van der Waals surface area contributed by atoms with Crippen LogP contribution < -0.4 is 4.90 Å². The van der Waals surface area contributed by atoms with Gasteiger partial charge in [0.05, 0.1) is 21.6 Å². The van der Waals surface area contributed by atoms with Crippen molar-refractivity contribution in [3.05, 3.63) is 48.0 Å². The quantitative estimate of drug-likeness (QED) is 0.742.